The summed E-state index contributed by atoms with van der Waals surface area (Å²) in [6, 6.07) is 12.6. The molecule has 0 aliphatic heterocycles. The molecule has 1 saturated carbocycles. The van der Waals surface area contributed by atoms with Crippen molar-refractivity contribution in [3.05, 3.63) is 69.1 Å². The molecular formula is C20H21ClN4S2. The summed E-state index contributed by atoms with van der Waals surface area (Å²) in [5.41, 5.74) is 1.00. The molecule has 2 aromatic heterocycles. The van der Waals surface area contributed by atoms with Gasteiger partial charge in [-0.2, -0.15) is 5.10 Å². The molecule has 1 aliphatic rings. The van der Waals surface area contributed by atoms with Crippen LogP contribution >= 0.6 is 35.2 Å². The van der Waals surface area contributed by atoms with Crippen molar-refractivity contribution in [1.82, 2.24) is 19.2 Å². The number of thiophene rings is 1. The Bertz CT molecular complexity index is 969. The van der Waals surface area contributed by atoms with Crippen LogP contribution in [0, 0.1) is 4.77 Å². The van der Waals surface area contributed by atoms with E-state index in [9.17, 15) is 0 Å². The minimum Gasteiger partial charge on any atom is -0.296 e. The van der Waals surface area contributed by atoms with Gasteiger partial charge in [-0.1, -0.05) is 23.7 Å². The number of hydrogen-bond acceptors (Lipinski definition) is 4. The van der Waals surface area contributed by atoms with Crippen molar-refractivity contribution in [2.45, 2.75) is 38.6 Å². The first-order chi connectivity index (χ1) is 13.2. The molecule has 4 rings (SSSR count). The zero-order chi connectivity index (χ0) is 18.8. The van der Waals surface area contributed by atoms with Gasteiger partial charge in [-0.3, -0.25) is 9.47 Å². The summed E-state index contributed by atoms with van der Waals surface area (Å²) in [6.45, 7) is 6.14. The maximum atomic E-state index is 6.04. The fourth-order valence-corrected chi connectivity index (χ4v) is 4.26. The molecule has 0 atom stereocenters. The first kappa shape index (κ1) is 18.6. The van der Waals surface area contributed by atoms with Gasteiger partial charge >= 0.3 is 0 Å². The van der Waals surface area contributed by atoms with E-state index in [-0.39, 0.29) is 0 Å². The quantitative estimate of drug-likeness (QED) is 0.353. The van der Waals surface area contributed by atoms with E-state index in [1.165, 1.54) is 17.7 Å². The van der Waals surface area contributed by atoms with Crippen LogP contribution < -0.4 is 0 Å². The molecule has 0 spiro atoms. The first-order valence-corrected chi connectivity index (χ1v) is 10.6. The van der Waals surface area contributed by atoms with Crippen LogP contribution in [-0.4, -0.2) is 25.3 Å². The monoisotopic (exact) mass is 416 g/mol. The van der Waals surface area contributed by atoms with Crippen LogP contribution in [0.5, 0.6) is 0 Å². The van der Waals surface area contributed by atoms with Crippen molar-refractivity contribution >= 4 is 35.2 Å². The second-order valence-corrected chi connectivity index (χ2v) is 8.54. The Hall–Kier alpha value is -1.73. The van der Waals surface area contributed by atoms with E-state index in [1.807, 2.05) is 39.6 Å². The molecule has 3 aromatic rings. The van der Waals surface area contributed by atoms with Crippen molar-refractivity contribution in [2.75, 3.05) is 0 Å². The normalized spacial score (nSPS) is 14.0. The fourth-order valence-electron chi connectivity index (χ4n) is 3.15. The molecule has 0 amide bonds. The van der Waals surface area contributed by atoms with Gasteiger partial charge in [-0.05, 0) is 60.8 Å². The lowest BCUT2D eigenvalue weighted by atomic mass is 10.2. The maximum absolute atomic E-state index is 6.04. The topological polar surface area (TPSA) is 26.0 Å². The van der Waals surface area contributed by atoms with Gasteiger partial charge in [0, 0.05) is 34.6 Å². The van der Waals surface area contributed by atoms with Gasteiger partial charge < -0.3 is 0 Å². The number of halogens is 1. The lowest BCUT2D eigenvalue weighted by Crippen LogP contribution is -2.28. The van der Waals surface area contributed by atoms with Crippen LogP contribution in [0.3, 0.4) is 0 Å². The van der Waals surface area contributed by atoms with Crippen molar-refractivity contribution in [3.8, 4) is 11.4 Å². The molecule has 4 nitrogen and oxygen atoms in total. The molecule has 1 aliphatic carbocycles. The predicted octanol–water partition coefficient (Wildman–Crippen LogP) is 5.60. The second-order valence-electron chi connectivity index (χ2n) is 6.71. The third-order valence-corrected chi connectivity index (χ3v) is 6.20. The van der Waals surface area contributed by atoms with E-state index in [0.29, 0.717) is 24.3 Å². The van der Waals surface area contributed by atoms with Crippen LogP contribution in [0.1, 0.15) is 17.7 Å². The molecular weight excluding hydrogens is 396 g/mol. The van der Waals surface area contributed by atoms with Crippen molar-refractivity contribution in [2.24, 2.45) is 0 Å². The molecule has 7 heteroatoms. The summed E-state index contributed by atoms with van der Waals surface area (Å²) >= 11 is 13.6. The number of nitrogens with zero attached hydrogens (tertiary/aromatic N) is 4. The van der Waals surface area contributed by atoms with E-state index >= 15 is 0 Å². The predicted molar refractivity (Wildman–Crippen MR) is 115 cm³/mol. The molecule has 0 saturated heterocycles. The largest absolute Gasteiger partial charge is 0.296 e. The zero-order valence-corrected chi connectivity index (χ0v) is 17.3. The fraction of sp³-hybridized carbons (Fsp3) is 0.300. The second kappa shape index (κ2) is 8.10. The minimum absolute atomic E-state index is 0.623. The van der Waals surface area contributed by atoms with Gasteiger partial charge in [0.05, 0.1) is 6.67 Å². The Kier molecular flexibility index (Phi) is 5.59. The molecule has 2 heterocycles. The van der Waals surface area contributed by atoms with E-state index in [2.05, 4.69) is 29.0 Å². The third kappa shape index (κ3) is 4.24. The Morgan fingerprint density at radius 1 is 1.30 bits per heavy atom. The smallest absolute Gasteiger partial charge is 0.199 e. The standard InChI is InChI=1S/C20H21ClN4S2/c1-2-11-24-19(15-5-7-16(21)8-6-15)22-25(20(24)26)14-23(17-9-10-17)13-18-4-3-12-27-18/h2-8,12,17H,1,9-11,13-14H2. The summed E-state index contributed by atoms with van der Waals surface area (Å²) < 4.78 is 4.69. The average molecular weight is 417 g/mol. The number of aromatic nitrogens is 3. The molecule has 0 N–H and O–H groups in total. The third-order valence-electron chi connectivity index (χ3n) is 4.65. The molecule has 0 unspecified atom stereocenters. The van der Waals surface area contributed by atoms with Crippen molar-refractivity contribution in [1.29, 1.82) is 0 Å². The van der Waals surface area contributed by atoms with Gasteiger partial charge in [0.15, 0.2) is 10.6 Å². The Morgan fingerprint density at radius 2 is 2.07 bits per heavy atom. The van der Waals surface area contributed by atoms with E-state index < -0.39 is 0 Å². The molecule has 27 heavy (non-hydrogen) atoms. The van der Waals surface area contributed by atoms with Gasteiger partial charge in [0.2, 0.25) is 0 Å². The lowest BCUT2D eigenvalue weighted by Gasteiger charge is -2.20. The summed E-state index contributed by atoms with van der Waals surface area (Å²) in [6.07, 6.45) is 4.34. The van der Waals surface area contributed by atoms with Gasteiger partial charge in [-0.15, -0.1) is 17.9 Å². The maximum Gasteiger partial charge on any atom is 0.199 e. The molecule has 1 fully saturated rings. The highest BCUT2D eigenvalue weighted by Gasteiger charge is 2.30. The zero-order valence-electron chi connectivity index (χ0n) is 14.9. The van der Waals surface area contributed by atoms with Crippen LogP contribution in [-0.2, 0) is 19.8 Å². The van der Waals surface area contributed by atoms with E-state index in [1.54, 1.807) is 11.3 Å². The number of allylic oxidation sites excluding steroid dienone is 1. The van der Waals surface area contributed by atoms with Gasteiger partial charge in [-0.25, -0.2) is 4.68 Å². The summed E-state index contributed by atoms with van der Waals surface area (Å²) in [5, 5.41) is 7.69. The highest BCUT2D eigenvalue weighted by atomic mass is 35.5. The van der Waals surface area contributed by atoms with E-state index in [0.717, 1.165) is 22.7 Å². The van der Waals surface area contributed by atoms with E-state index in [4.69, 9.17) is 28.9 Å². The van der Waals surface area contributed by atoms with Crippen molar-refractivity contribution < 1.29 is 0 Å². The SMILES string of the molecule is C=CCn1c(-c2ccc(Cl)cc2)nn(CN(Cc2cccs2)C2CC2)c1=S. The molecule has 1 aromatic carbocycles. The highest BCUT2D eigenvalue weighted by molar-refractivity contribution is 7.71. The van der Waals surface area contributed by atoms with Crippen LogP contribution in [0.2, 0.25) is 5.02 Å². The lowest BCUT2D eigenvalue weighted by molar-refractivity contribution is 0.188. The van der Waals surface area contributed by atoms with Crippen LogP contribution in [0.4, 0.5) is 0 Å². The number of rotatable bonds is 8. The summed E-state index contributed by atoms with van der Waals surface area (Å²) in [7, 11) is 0. The number of hydrogen-bond donors (Lipinski definition) is 0. The summed E-state index contributed by atoms with van der Waals surface area (Å²) in [4.78, 5) is 3.84. The molecule has 0 bridgehead atoms. The Labute approximate surface area is 173 Å². The summed E-state index contributed by atoms with van der Waals surface area (Å²) in [5.74, 6) is 0.850. The molecule has 140 valence electrons. The van der Waals surface area contributed by atoms with Gasteiger partial charge in [0.1, 0.15) is 0 Å². The molecule has 0 radical (unpaired) electrons. The average Bonchev–Trinajstić information content (AvgIpc) is 3.31. The minimum atomic E-state index is 0.623. The Balaban J connectivity index is 1.65. The van der Waals surface area contributed by atoms with Crippen molar-refractivity contribution in [3.63, 3.8) is 0 Å². The van der Waals surface area contributed by atoms with Crippen LogP contribution in [0.25, 0.3) is 11.4 Å². The highest BCUT2D eigenvalue weighted by Crippen LogP contribution is 2.30. The Morgan fingerprint density at radius 3 is 2.70 bits per heavy atom. The van der Waals surface area contributed by atoms with Gasteiger partial charge in [0.25, 0.3) is 0 Å². The number of benzene rings is 1. The van der Waals surface area contributed by atoms with Crippen LogP contribution in [0.15, 0.2) is 54.4 Å². The first-order valence-electron chi connectivity index (χ1n) is 8.96.